The Kier molecular flexibility index (Phi) is 43.8. The largest absolute Gasteiger partial charge is 2.00 e. The summed E-state index contributed by atoms with van der Waals surface area (Å²) in [5.41, 5.74) is 0. The molecule has 0 aromatic carbocycles. The number of halogens is 1. The molecule has 0 aromatic rings. The summed E-state index contributed by atoms with van der Waals surface area (Å²) < 4.78 is 0. The molecule has 0 fully saturated rings. The fraction of sp³-hybridized carbons (Fsp3) is 0.500. The van der Waals surface area contributed by atoms with Gasteiger partial charge in [0.2, 0.25) is 0 Å². The van der Waals surface area contributed by atoms with Gasteiger partial charge in [0, 0.05) is 0 Å². The van der Waals surface area contributed by atoms with E-state index >= 15 is 0 Å². The van der Waals surface area contributed by atoms with Crippen LogP contribution in [-0.4, -0.2) is 23.1 Å². The van der Waals surface area contributed by atoms with Gasteiger partial charge in [-0.15, -0.1) is 17.0 Å². The second-order valence-corrected chi connectivity index (χ2v) is 0.667. The Balaban J connectivity index is -0.00000000750. The van der Waals surface area contributed by atoms with Gasteiger partial charge in [-0.25, -0.2) is 0 Å². The minimum absolute atomic E-state index is 0. The van der Waals surface area contributed by atoms with Crippen molar-refractivity contribution in [2.75, 3.05) is 0 Å². The average Bonchev–Trinajstić information content (AvgIpc) is 1.37. The van der Waals surface area contributed by atoms with Gasteiger partial charge in [-0.2, -0.15) is 0 Å². The molecule has 0 nitrogen and oxygen atoms in total. The van der Waals surface area contributed by atoms with E-state index in [-0.39, 0.29) is 42.9 Å². The van der Waals surface area contributed by atoms with Gasteiger partial charge in [-0.1, -0.05) is 12.2 Å². The van der Waals surface area contributed by atoms with E-state index in [4.69, 9.17) is 0 Å². The van der Waals surface area contributed by atoms with E-state index in [9.17, 15) is 0 Å². The van der Waals surface area contributed by atoms with Crippen LogP contribution in [-0.2, 0) is 0 Å². The van der Waals surface area contributed by atoms with Crippen LogP contribution < -0.4 is 0 Å². The van der Waals surface area contributed by atoms with E-state index in [2.05, 4.69) is 0 Å². The topological polar surface area (TPSA) is 0 Å². The number of rotatable bonds is 0. The fourth-order valence-corrected chi connectivity index (χ4v) is 0. The summed E-state index contributed by atoms with van der Waals surface area (Å²) in [7, 11) is 0. The van der Waals surface area contributed by atoms with Crippen molar-refractivity contribution in [3.63, 3.8) is 0 Å². The van der Waals surface area contributed by atoms with Crippen LogP contribution in [0.5, 0.6) is 0 Å². The normalized spacial score (nSPS) is 6.33. The maximum atomic E-state index is 2.00. The molecular formula is C4H11BrMg. The summed E-state index contributed by atoms with van der Waals surface area (Å²) in [6.07, 6.45) is 4.00. The van der Waals surface area contributed by atoms with Crippen molar-refractivity contribution in [1.82, 2.24) is 0 Å². The van der Waals surface area contributed by atoms with Gasteiger partial charge in [0.1, 0.15) is 0 Å². The van der Waals surface area contributed by atoms with E-state index in [0.717, 1.165) is 0 Å². The van der Waals surface area contributed by atoms with E-state index in [0.29, 0.717) is 0 Å². The average molecular weight is 163 g/mol. The van der Waals surface area contributed by atoms with Crippen LogP contribution in [0.3, 0.4) is 0 Å². The van der Waals surface area contributed by atoms with Crippen molar-refractivity contribution in [3.8, 4) is 0 Å². The van der Waals surface area contributed by atoms with Gasteiger partial charge in [0.15, 0.2) is 0 Å². The van der Waals surface area contributed by atoms with Crippen LogP contribution in [0.2, 0.25) is 0 Å². The Morgan fingerprint density at radius 1 is 1.17 bits per heavy atom. The molecule has 0 spiro atoms. The van der Waals surface area contributed by atoms with Crippen molar-refractivity contribution in [2.45, 2.75) is 13.8 Å². The fourth-order valence-electron chi connectivity index (χ4n) is 0. The molecule has 0 rings (SSSR count). The Bertz CT molecular complexity index is 29.2. The van der Waals surface area contributed by atoms with Crippen molar-refractivity contribution in [2.24, 2.45) is 0 Å². The summed E-state index contributed by atoms with van der Waals surface area (Å²) in [5.74, 6) is 0. The third-order valence-corrected chi connectivity index (χ3v) is 0.333. The molecule has 0 amide bonds. The first-order chi connectivity index (χ1) is 1.91. The maximum Gasteiger partial charge on any atom is 2.00 e. The zero-order chi connectivity index (χ0) is 3.41. The summed E-state index contributed by atoms with van der Waals surface area (Å²) in [6.45, 7) is 4.00. The van der Waals surface area contributed by atoms with Crippen LogP contribution in [0.25, 0.3) is 0 Å². The molecule has 0 atom stereocenters. The minimum atomic E-state index is 0. The Labute approximate surface area is 68.9 Å². The van der Waals surface area contributed by atoms with Gasteiger partial charge in [0.05, 0.1) is 0 Å². The molecule has 0 radical (unpaired) electrons. The Hall–Kier alpha value is 0.986. The molecule has 0 aliphatic carbocycles. The zero-order valence-electron chi connectivity index (χ0n) is 6.27. The van der Waals surface area contributed by atoms with E-state index in [1.807, 2.05) is 26.0 Å². The van der Waals surface area contributed by atoms with Gasteiger partial charge in [0.25, 0.3) is 0 Å². The number of hydrogen-bond donors (Lipinski definition) is 0. The molecular weight excluding hydrogens is 152 g/mol. The van der Waals surface area contributed by atoms with Crippen LogP contribution >= 0.6 is 17.0 Å². The van der Waals surface area contributed by atoms with Gasteiger partial charge < -0.3 is 2.85 Å². The molecule has 0 saturated carbocycles. The maximum absolute atomic E-state index is 2.00. The molecule has 36 valence electrons. The Morgan fingerprint density at radius 2 is 1.33 bits per heavy atom. The van der Waals surface area contributed by atoms with Gasteiger partial charge >= 0.3 is 23.1 Å². The molecule has 0 N–H and O–H groups in total. The van der Waals surface area contributed by atoms with E-state index in [1.165, 1.54) is 0 Å². The van der Waals surface area contributed by atoms with Gasteiger partial charge in [-0.3, -0.25) is 0 Å². The molecule has 6 heavy (non-hydrogen) atoms. The van der Waals surface area contributed by atoms with Crippen molar-refractivity contribution < 1.29 is 2.85 Å². The predicted octanol–water partition coefficient (Wildman–Crippen LogP) is 2.00. The molecule has 0 bridgehead atoms. The summed E-state index contributed by atoms with van der Waals surface area (Å²) in [5, 5.41) is 0. The molecule has 0 unspecified atom stereocenters. The number of hydrogen-bond acceptors (Lipinski definition) is 0. The molecule has 0 heterocycles. The molecule has 0 aliphatic rings. The third-order valence-electron chi connectivity index (χ3n) is 0.333. The van der Waals surface area contributed by atoms with Crippen LogP contribution in [0.1, 0.15) is 16.7 Å². The summed E-state index contributed by atoms with van der Waals surface area (Å²) >= 11 is 0. The summed E-state index contributed by atoms with van der Waals surface area (Å²) in [4.78, 5) is 0. The number of allylic oxidation sites excluding steroid dienone is 2. The van der Waals surface area contributed by atoms with E-state index in [1.54, 1.807) is 0 Å². The molecule has 2 heteroatoms. The monoisotopic (exact) mass is 162 g/mol. The zero-order valence-corrected chi connectivity index (χ0v) is 7.40. The van der Waals surface area contributed by atoms with Crippen molar-refractivity contribution in [1.29, 1.82) is 0 Å². The Morgan fingerprint density at radius 3 is 1.33 bits per heavy atom. The van der Waals surface area contributed by atoms with Crippen LogP contribution in [0, 0.1) is 0 Å². The smallest absolute Gasteiger partial charge is 1.00 e. The van der Waals surface area contributed by atoms with Crippen molar-refractivity contribution in [3.05, 3.63) is 12.2 Å². The van der Waals surface area contributed by atoms with Gasteiger partial charge in [-0.05, 0) is 13.8 Å². The first-order valence-electron chi connectivity index (χ1n) is 1.49. The third kappa shape index (κ3) is 20.1. The van der Waals surface area contributed by atoms with E-state index < -0.39 is 0 Å². The van der Waals surface area contributed by atoms with Crippen LogP contribution in [0.15, 0.2) is 12.2 Å². The molecule has 0 aromatic heterocycles. The molecule has 0 saturated heterocycles. The molecule has 0 aliphatic heterocycles. The predicted molar refractivity (Wildman–Crippen MR) is 38.8 cm³/mol. The first-order valence-corrected chi connectivity index (χ1v) is 1.49. The van der Waals surface area contributed by atoms with Crippen LogP contribution in [0.4, 0.5) is 0 Å². The standard InChI is InChI=1S/C4H8.BrH.Mg.2H/c1-3-4-2;;;;/h3-4H,1-2H3;1H;;;/q;;+2;2*-1/b4-3+;;;;. The first kappa shape index (κ1) is 15.8. The quantitative estimate of drug-likeness (QED) is 0.378. The summed E-state index contributed by atoms with van der Waals surface area (Å²) in [6, 6.07) is 0. The van der Waals surface area contributed by atoms with Crippen molar-refractivity contribution >= 4 is 40.0 Å². The second-order valence-electron chi connectivity index (χ2n) is 0.667. The minimum Gasteiger partial charge on any atom is -1.00 e. The SMILES string of the molecule is Br.C/C=C/C.[H-].[H-].[Mg+2]. The second kappa shape index (κ2) is 16.7.